The van der Waals surface area contributed by atoms with Crippen LogP contribution < -0.4 is 5.32 Å². The SMILES string of the molecule is CNCC(=Cc1c(C)cccc1Cl)B1OC(C)(C)C(C)(C)O1. The zero-order valence-electron chi connectivity index (χ0n) is 14.3. The lowest BCUT2D eigenvalue weighted by atomic mass is 9.76. The molecule has 1 aliphatic rings. The van der Waals surface area contributed by atoms with Crippen LogP contribution in [-0.4, -0.2) is 31.9 Å². The van der Waals surface area contributed by atoms with Crippen molar-refractivity contribution in [3.63, 3.8) is 0 Å². The molecule has 1 aromatic carbocycles. The molecule has 2 rings (SSSR count). The maximum absolute atomic E-state index is 6.35. The summed E-state index contributed by atoms with van der Waals surface area (Å²) in [5, 5.41) is 3.93. The minimum Gasteiger partial charge on any atom is -0.400 e. The molecule has 1 saturated heterocycles. The van der Waals surface area contributed by atoms with Crippen molar-refractivity contribution >= 4 is 24.8 Å². The van der Waals surface area contributed by atoms with Crippen LogP contribution in [0.25, 0.3) is 6.08 Å². The van der Waals surface area contributed by atoms with E-state index in [0.717, 1.165) is 21.6 Å². The van der Waals surface area contributed by atoms with Crippen molar-refractivity contribution in [1.29, 1.82) is 0 Å². The van der Waals surface area contributed by atoms with Gasteiger partial charge < -0.3 is 14.6 Å². The Morgan fingerprint density at radius 3 is 2.32 bits per heavy atom. The summed E-state index contributed by atoms with van der Waals surface area (Å²) in [6, 6.07) is 5.92. The Morgan fingerprint density at radius 1 is 1.23 bits per heavy atom. The molecule has 0 bridgehead atoms. The third-order valence-electron chi connectivity index (χ3n) is 4.54. The smallest absolute Gasteiger partial charge is 0.400 e. The molecule has 1 fully saturated rings. The molecule has 5 heteroatoms. The highest BCUT2D eigenvalue weighted by atomic mass is 35.5. The van der Waals surface area contributed by atoms with Gasteiger partial charge in [0.25, 0.3) is 0 Å². The van der Waals surface area contributed by atoms with Crippen molar-refractivity contribution in [2.75, 3.05) is 13.6 Å². The summed E-state index contributed by atoms with van der Waals surface area (Å²) in [5.41, 5.74) is 2.50. The van der Waals surface area contributed by atoms with E-state index in [1.165, 1.54) is 0 Å². The molecule has 0 atom stereocenters. The van der Waals surface area contributed by atoms with E-state index in [1.807, 2.05) is 19.2 Å². The lowest BCUT2D eigenvalue weighted by Crippen LogP contribution is -2.41. The molecule has 1 heterocycles. The molecule has 0 aliphatic carbocycles. The molecule has 0 amide bonds. The molecule has 0 saturated carbocycles. The van der Waals surface area contributed by atoms with Crippen LogP contribution in [0.3, 0.4) is 0 Å². The van der Waals surface area contributed by atoms with Crippen molar-refractivity contribution < 1.29 is 9.31 Å². The van der Waals surface area contributed by atoms with Crippen LogP contribution in [0.5, 0.6) is 0 Å². The fraction of sp³-hybridized carbons (Fsp3) is 0.529. The Morgan fingerprint density at radius 2 is 1.82 bits per heavy atom. The minimum atomic E-state index is -0.367. The zero-order chi connectivity index (χ0) is 16.5. The van der Waals surface area contributed by atoms with Gasteiger partial charge in [-0.25, -0.2) is 0 Å². The molecular weight excluding hydrogens is 296 g/mol. The largest absolute Gasteiger partial charge is 0.491 e. The Labute approximate surface area is 139 Å². The Hall–Kier alpha value is -0.805. The summed E-state index contributed by atoms with van der Waals surface area (Å²) in [7, 11) is 1.55. The predicted octanol–water partition coefficient (Wildman–Crippen LogP) is 3.88. The molecule has 1 aliphatic heterocycles. The van der Waals surface area contributed by atoms with Crippen LogP contribution in [-0.2, 0) is 9.31 Å². The number of hydrogen-bond acceptors (Lipinski definition) is 3. The number of likely N-dealkylation sites (N-methyl/N-ethyl adjacent to an activating group) is 1. The first-order valence-electron chi connectivity index (χ1n) is 7.64. The van der Waals surface area contributed by atoms with Crippen LogP contribution in [0.15, 0.2) is 23.7 Å². The molecule has 0 spiro atoms. The van der Waals surface area contributed by atoms with Gasteiger partial charge in [-0.1, -0.05) is 29.8 Å². The van der Waals surface area contributed by atoms with Gasteiger partial charge in [-0.2, -0.15) is 0 Å². The quantitative estimate of drug-likeness (QED) is 0.854. The van der Waals surface area contributed by atoms with Gasteiger partial charge in [0.2, 0.25) is 0 Å². The van der Waals surface area contributed by atoms with Crippen molar-refractivity contribution in [1.82, 2.24) is 5.32 Å². The molecule has 0 radical (unpaired) electrons. The maximum atomic E-state index is 6.35. The van der Waals surface area contributed by atoms with Gasteiger partial charge in [0.15, 0.2) is 0 Å². The second kappa shape index (κ2) is 6.36. The molecule has 120 valence electrons. The topological polar surface area (TPSA) is 30.5 Å². The molecular formula is C17H25BClNO2. The van der Waals surface area contributed by atoms with E-state index >= 15 is 0 Å². The lowest BCUT2D eigenvalue weighted by molar-refractivity contribution is 0.00578. The number of benzene rings is 1. The number of aryl methyl sites for hydroxylation is 1. The number of nitrogens with one attached hydrogen (secondary N) is 1. The summed E-state index contributed by atoms with van der Waals surface area (Å²) < 4.78 is 12.3. The highest BCUT2D eigenvalue weighted by molar-refractivity contribution is 6.56. The second-order valence-corrected chi connectivity index (χ2v) is 7.22. The van der Waals surface area contributed by atoms with Crippen molar-refractivity contribution in [2.45, 2.75) is 45.8 Å². The lowest BCUT2D eigenvalue weighted by Gasteiger charge is -2.32. The van der Waals surface area contributed by atoms with Crippen LogP contribution >= 0.6 is 11.6 Å². The predicted molar refractivity (Wildman–Crippen MR) is 94.2 cm³/mol. The maximum Gasteiger partial charge on any atom is 0.491 e. The first-order chi connectivity index (χ1) is 10.2. The minimum absolute atomic E-state index is 0.347. The Kier molecular flexibility index (Phi) is 5.08. The van der Waals surface area contributed by atoms with E-state index in [9.17, 15) is 0 Å². The van der Waals surface area contributed by atoms with Crippen LogP contribution in [0.4, 0.5) is 0 Å². The van der Waals surface area contributed by atoms with E-state index in [4.69, 9.17) is 20.9 Å². The van der Waals surface area contributed by atoms with Crippen LogP contribution in [0.2, 0.25) is 5.02 Å². The zero-order valence-corrected chi connectivity index (χ0v) is 15.0. The molecule has 3 nitrogen and oxygen atoms in total. The summed E-state index contributed by atoms with van der Waals surface area (Å²) in [6.45, 7) is 11.0. The van der Waals surface area contributed by atoms with Gasteiger partial charge in [0.05, 0.1) is 11.2 Å². The monoisotopic (exact) mass is 321 g/mol. The standard InChI is InChI=1S/C17H25BClNO2/c1-12-8-7-9-15(19)14(12)10-13(11-20-6)18-21-16(2,3)17(4,5)22-18/h7-10,20H,11H2,1-6H3. The highest BCUT2D eigenvalue weighted by Crippen LogP contribution is 2.39. The fourth-order valence-corrected chi connectivity index (χ4v) is 2.69. The van der Waals surface area contributed by atoms with E-state index in [0.29, 0.717) is 6.54 Å². The van der Waals surface area contributed by atoms with E-state index < -0.39 is 0 Å². The van der Waals surface area contributed by atoms with Gasteiger partial charge in [-0.3, -0.25) is 0 Å². The van der Waals surface area contributed by atoms with E-state index in [1.54, 1.807) is 0 Å². The molecule has 0 aromatic heterocycles. The van der Waals surface area contributed by atoms with Gasteiger partial charge >= 0.3 is 7.12 Å². The first kappa shape index (κ1) is 17.5. The summed E-state index contributed by atoms with van der Waals surface area (Å²) in [4.78, 5) is 0. The third kappa shape index (κ3) is 3.41. The number of hydrogen-bond donors (Lipinski definition) is 1. The van der Waals surface area contributed by atoms with Crippen molar-refractivity contribution in [3.05, 3.63) is 39.8 Å². The Bertz CT molecular complexity index is 548. The molecule has 0 unspecified atom stereocenters. The average molecular weight is 322 g/mol. The molecule has 1 aromatic rings. The molecule has 22 heavy (non-hydrogen) atoms. The third-order valence-corrected chi connectivity index (χ3v) is 4.87. The van der Waals surface area contributed by atoms with E-state index in [2.05, 4.69) is 52.1 Å². The van der Waals surface area contributed by atoms with Gasteiger partial charge in [0.1, 0.15) is 0 Å². The fourth-order valence-electron chi connectivity index (χ4n) is 2.41. The summed E-state index contributed by atoms with van der Waals surface area (Å²) in [5.74, 6) is 0. The Balaban J connectivity index is 2.38. The van der Waals surface area contributed by atoms with Gasteiger partial charge in [-0.05, 0) is 64.3 Å². The van der Waals surface area contributed by atoms with Crippen LogP contribution in [0.1, 0.15) is 38.8 Å². The van der Waals surface area contributed by atoms with E-state index in [-0.39, 0.29) is 18.3 Å². The number of halogens is 1. The van der Waals surface area contributed by atoms with Gasteiger partial charge in [-0.15, -0.1) is 0 Å². The summed E-state index contributed by atoms with van der Waals surface area (Å²) >= 11 is 6.35. The highest BCUT2D eigenvalue weighted by Gasteiger charge is 2.52. The second-order valence-electron chi connectivity index (χ2n) is 6.81. The summed E-state index contributed by atoms with van der Waals surface area (Å²) in [6.07, 6.45) is 2.08. The number of rotatable bonds is 4. The van der Waals surface area contributed by atoms with Gasteiger partial charge in [0, 0.05) is 11.6 Å². The molecule has 1 N–H and O–H groups in total. The average Bonchev–Trinajstić information content (AvgIpc) is 2.61. The van der Waals surface area contributed by atoms with Crippen molar-refractivity contribution in [3.8, 4) is 0 Å². The first-order valence-corrected chi connectivity index (χ1v) is 8.01. The normalized spacial score (nSPS) is 20.5. The van der Waals surface area contributed by atoms with Crippen molar-refractivity contribution in [2.24, 2.45) is 0 Å². The van der Waals surface area contributed by atoms with Crippen LogP contribution in [0, 0.1) is 6.92 Å².